The van der Waals surface area contributed by atoms with E-state index < -0.39 is 11.8 Å². The number of hydrogen-bond donors (Lipinski definition) is 2. The second-order valence-electron chi connectivity index (χ2n) is 8.53. The van der Waals surface area contributed by atoms with Crippen LogP contribution in [0.15, 0.2) is 53.5 Å². The number of aryl methyl sites for hydroxylation is 1. The van der Waals surface area contributed by atoms with Crippen LogP contribution in [-0.2, 0) is 4.79 Å². The quantitative estimate of drug-likeness (QED) is 0.696. The third-order valence-corrected chi connectivity index (χ3v) is 6.38. The number of carbonyl (C=O) groups excluding carboxylic acids is 2. The summed E-state index contributed by atoms with van der Waals surface area (Å²) in [5.74, 6) is -1.79. The standard InChI is InChI=1S/C25H31N5O2/c1-4-30(21-13-6-7-14-21)25(28-24(32)27-20-12-9-10-18(2)16-20)23(31)29(3)22-15-8-5-11-19(22)17-26-25/h5,8-12,15-17,21H,4,6-7,13-14H2,1-3H3,(H2,27,28,32). The second kappa shape index (κ2) is 9.12. The van der Waals surface area contributed by atoms with Crippen LogP contribution in [0.4, 0.5) is 16.2 Å². The van der Waals surface area contributed by atoms with Gasteiger partial charge in [-0.3, -0.25) is 15.0 Å². The first-order chi connectivity index (χ1) is 15.4. The van der Waals surface area contributed by atoms with Gasteiger partial charge in [0.05, 0.1) is 5.69 Å². The molecule has 1 aliphatic carbocycles. The van der Waals surface area contributed by atoms with Crippen LogP contribution < -0.4 is 15.5 Å². The zero-order valence-electron chi connectivity index (χ0n) is 19.0. The highest BCUT2D eigenvalue weighted by Crippen LogP contribution is 2.33. The van der Waals surface area contributed by atoms with Crippen LogP contribution in [0, 0.1) is 6.92 Å². The van der Waals surface area contributed by atoms with Crippen LogP contribution in [0.1, 0.15) is 43.7 Å². The predicted octanol–water partition coefficient (Wildman–Crippen LogP) is 4.13. The summed E-state index contributed by atoms with van der Waals surface area (Å²) in [5, 5.41) is 5.85. The van der Waals surface area contributed by atoms with Gasteiger partial charge in [-0.05, 0) is 43.5 Å². The fourth-order valence-corrected chi connectivity index (χ4v) is 4.83. The molecule has 7 heteroatoms. The number of hydrogen-bond acceptors (Lipinski definition) is 4. The number of urea groups is 1. The maximum absolute atomic E-state index is 14.0. The molecule has 2 aromatic rings. The Bertz CT molecular complexity index is 1030. The molecule has 0 spiro atoms. The summed E-state index contributed by atoms with van der Waals surface area (Å²) in [4.78, 5) is 35.6. The van der Waals surface area contributed by atoms with Gasteiger partial charge in [-0.1, -0.05) is 50.1 Å². The van der Waals surface area contributed by atoms with Crippen LogP contribution in [0.3, 0.4) is 0 Å². The van der Waals surface area contributed by atoms with Crippen molar-refractivity contribution >= 4 is 29.5 Å². The molecule has 7 nitrogen and oxygen atoms in total. The summed E-state index contributed by atoms with van der Waals surface area (Å²) in [5.41, 5.74) is 3.32. The number of aliphatic imine (C=N–C) groups is 1. The van der Waals surface area contributed by atoms with E-state index in [9.17, 15) is 9.59 Å². The highest BCUT2D eigenvalue weighted by molar-refractivity contribution is 6.08. The normalized spacial score (nSPS) is 20.9. The van der Waals surface area contributed by atoms with E-state index in [0.717, 1.165) is 42.5 Å². The van der Waals surface area contributed by atoms with E-state index >= 15 is 0 Å². The van der Waals surface area contributed by atoms with Crippen molar-refractivity contribution in [2.45, 2.75) is 51.4 Å². The molecule has 1 saturated carbocycles. The number of amides is 3. The lowest BCUT2D eigenvalue weighted by Crippen LogP contribution is -2.69. The second-order valence-corrected chi connectivity index (χ2v) is 8.53. The molecule has 1 fully saturated rings. The number of anilines is 2. The first-order valence-corrected chi connectivity index (χ1v) is 11.3. The molecule has 1 aliphatic heterocycles. The van der Waals surface area contributed by atoms with Gasteiger partial charge < -0.3 is 10.2 Å². The summed E-state index contributed by atoms with van der Waals surface area (Å²) in [6, 6.07) is 14.9. The topological polar surface area (TPSA) is 77.0 Å². The van der Waals surface area contributed by atoms with Crippen LogP contribution >= 0.6 is 0 Å². The molecule has 0 radical (unpaired) electrons. The predicted molar refractivity (Wildman–Crippen MR) is 128 cm³/mol. The Morgan fingerprint density at radius 2 is 1.94 bits per heavy atom. The molecule has 0 aromatic heterocycles. The van der Waals surface area contributed by atoms with Crippen molar-refractivity contribution in [3.63, 3.8) is 0 Å². The average Bonchev–Trinajstić information content (AvgIpc) is 3.28. The van der Waals surface area contributed by atoms with E-state index in [0.29, 0.717) is 12.2 Å². The molecule has 4 rings (SSSR count). The van der Waals surface area contributed by atoms with Crippen molar-refractivity contribution in [3.8, 4) is 0 Å². The molecular formula is C25H31N5O2. The fourth-order valence-electron chi connectivity index (χ4n) is 4.83. The van der Waals surface area contributed by atoms with Crippen molar-refractivity contribution in [1.29, 1.82) is 0 Å². The van der Waals surface area contributed by atoms with Gasteiger partial charge in [0.15, 0.2) is 0 Å². The molecule has 0 saturated heterocycles. The Morgan fingerprint density at radius 1 is 1.19 bits per heavy atom. The van der Waals surface area contributed by atoms with Crippen LogP contribution in [0.25, 0.3) is 0 Å². The summed E-state index contributed by atoms with van der Waals surface area (Å²) in [6.07, 6.45) is 5.90. The lowest BCUT2D eigenvalue weighted by molar-refractivity contribution is -0.133. The molecule has 2 aliphatic rings. The molecule has 3 amide bonds. The zero-order valence-corrected chi connectivity index (χ0v) is 19.0. The summed E-state index contributed by atoms with van der Waals surface area (Å²) in [7, 11) is 1.74. The third kappa shape index (κ3) is 4.12. The van der Waals surface area contributed by atoms with Gasteiger partial charge in [0.25, 0.3) is 11.7 Å². The Balaban J connectivity index is 1.73. The van der Waals surface area contributed by atoms with E-state index in [4.69, 9.17) is 4.99 Å². The number of benzodiazepines with no additional fused rings is 1. The number of fused-ring (bicyclic) bond motifs is 1. The summed E-state index contributed by atoms with van der Waals surface area (Å²) < 4.78 is 0. The maximum atomic E-state index is 14.0. The minimum absolute atomic E-state index is 0.176. The Labute approximate surface area is 189 Å². The van der Waals surface area contributed by atoms with Crippen molar-refractivity contribution in [2.75, 3.05) is 23.8 Å². The van der Waals surface area contributed by atoms with Gasteiger partial charge in [0, 0.05) is 37.1 Å². The smallest absolute Gasteiger partial charge is 0.310 e. The first kappa shape index (κ1) is 22.0. The van der Waals surface area contributed by atoms with E-state index in [2.05, 4.69) is 15.5 Å². The zero-order chi connectivity index (χ0) is 22.7. The van der Waals surface area contributed by atoms with E-state index in [-0.39, 0.29) is 11.9 Å². The lowest BCUT2D eigenvalue weighted by Gasteiger charge is -2.43. The number of nitrogens with zero attached hydrogens (tertiary/aromatic N) is 3. The molecule has 1 atom stereocenters. The molecule has 168 valence electrons. The van der Waals surface area contributed by atoms with Crippen LogP contribution in [0.2, 0.25) is 0 Å². The van der Waals surface area contributed by atoms with Crippen LogP contribution in [-0.4, -0.2) is 48.5 Å². The molecule has 2 aromatic carbocycles. The number of carbonyl (C=O) groups is 2. The van der Waals surface area contributed by atoms with Crippen LogP contribution in [0.5, 0.6) is 0 Å². The number of nitrogens with one attached hydrogen (secondary N) is 2. The van der Waals surface area contributed by atoms with Crippen molar-refractivity contribution in [2.24, 2.45) is 4.99 Å². The van der Waals surface area contributed by atoms with Crippen molar-refractivity contribution < 1.29 is 9.59 Å². The van der Waals surface area contributed by atoms with Gasteiger partial charge in [0.2, 0.25) is 0 Å². The number of para-hydroxylation sites is 1. The molecule has 2 N–H and O–H groups in total. The fraction of sp³-hybridized carbons (Fsp3) is 0.400. The SMILES string of the molecule is CCN(C1CCCC1)C1(NC(=O)Nc2cccc(C)c2)N=Cc2ccccc2N(C)C1=O. The van der Waals surface area contributed by atoms with Gasteiger partial charge in [-0.25, -0.2) is 9.79 Å². The van der Waals surface area contributed by atoms with E-state index in [1.807, 2.05) is 62.4 Å². The Morgan fingerprint density at radius 3 is 2.66 bits per heavy atom. The Kier molecular flexibility index (Phi) is 6.28. The molecule has 0 bridgehead atoms. The van der Waals surface area contributed by atoms with Gasteiger partial charge in [-0.15, -0.1) is 0 Å². The Hall–Kier alpha value is -3.19. The number of likely N-dealkylation sites (N-methyl/N-ethyl adjacent to an activating group) is 2. The number of rotatable bonds is 5. The molecule has 1 heterocycles. The highest BCUT2D eigenvalue weighted by Gasteiger charge is 2.50. The minimum Gasteiger partial charge on any atom is -0.310 e. The molecular weight excluding hydrogens is 402 g/mol. The largest absolute Gasteiger partial charge is 0.322 e. The maximum Gasteiger partial charge on any atom is 0.322 e. The highest BCUT2D eigenvalue weighted by atomic mass is 16.2. The first-order valence-electron chi connectivity index (χ1n) is 11.3. The van der Waals surface area contributed by atoms with E-state index in [1.165, 1.54) is 0 Å². The van der Waals surface area contributed by atoms with Gasteiger partial charge in [-0.2, -0.15) is 0 Å². The van der Waals surface area contributed by atoms with Crippen molar-refractivity contribution in [1.82, 2.24) is 10.2 Å². The summed E-state index contributed by atoms with van der Waals surface area (Å²) >= 11 is 0. The third-order valence-electron chi connectivity index (χ3n) is 6.38. The van der Waals surface area contributed by atoms with Gasteiger partial charge >= 0.3 is 6.03 Å². The van der Waals surface area contributed by atoms with Crippen molar-refractivity contribution in [3.05, 3.63) is 59.7 Å². The van der Waals surface area contributed by atoms with E-state index in [1.54, 1.807) is 18.2 Å². The minimum atomic E-state index is -1.52. The monoisotopic (exact) mass is 433 g/mol. The summed E-state index contributed by atoms with van der Waals surface area (Å²) in [6.45, 7) is 4.57. The lowest BCUT2D eigenvalue weighted by atomic mass is 10.1. The molecule has 1 unspecified atom stereocenters. The molecule has 32 heavy (non-hydrogen) atoms. The average molecular weight is 434 g/mol. The number of benzene rings is 2. The van der Waals surface area contributed by atoms with Gasteiger partial charge in [0.1, 0.15) is 0 Å².